The number of piperazine rings is 1. The number of guanidine groups is 1. The number of aromatic nitrogens is 3. The van der Waals surface area contributed by atoms with Gasteiger partial charge in [-0.3, -0.25) is 10.1 Å². The number of hydrogen-bond donors (Lipinski definition) is 2. The van der Waals surface area contributed by atoms with Gasteiger partial charge in [0, 0.05) is 57.1 Å². The van der Waals surface area contributed by atoms with Gasteiger partial charge in [-0.05, 0) is 6.92 Å². The highest BCUT2D eigenvalue weighted by molar-refractivity contribution is 7.88. The average Bonchev–Trinajstić information content (AvgIpc) is 3.27. The van der Waals surface area contributed by atoms with Gasteiger partial charge < -0.3 is 14.7 Å². The topological polar surface area (TPSA) is 120 Å². The number of nitrogens with zero attached hydrogens (tertiary/aromatic N) is 5. The van der Waals surface area contributed by atoms with Gasteiger partial charge in [-0.2, -0.15) is 9.40 Å². The van der Waals surface area contributed by atoms with Crippen LogP contribution in [0, 0.1) is 6.92 Å². The number of sulfonamides is 1. The molecule has 11 heteroatoms. The first-order chi connectivity index (χ1) is 12.5. The summed E-state index contributed by atoms with van der Waals surface area (Å²) < 4.78 is 31.2. The molecule has 10 nitrogen and oxygen atoms in total. The zero-order valence-corrected chi connectivity index (χ0v) is 15.7. The number of aliphatic imine (C=N–C) groups is 1. The first-order valence-corrected chi connectivity index (χ1v) is 9.92. The fourth-order valence-electron chi connectivity index (χ4n) is 2.83. The minimum atomic E-state index is -3.40. The van der Waals surface area contributed by atoms with Gasteiger partial charge in [0.05, 0.1) is 11.9 Å². The van der Waals surface area contributed by atoms with E-state index < -0.39 is 10.0 Å². The van der Waals surface area contributed by atoms with Gasteiger partial charge in [0.25, 0.3) is 0 Å². The Bertz CT molecular complexity index is 836. The predicted octanol–water partition coefficient (Wildman–Crippen LogP) is -0.0709. The maximum absolute atomic E-state index is 12.5. The summed E-state index contributed by atoms with van der Waals surface area (Å²) in [5.74, 6) is 0.607. The zero-order valence-electron chi connectivity index (χ0n) is 14.8. The van der Waals surface area contributed by atoms with Crippen LogP contribution in [0.2, 0.25) is 0 Å². The van der Waals surface area contributed by atoms with E-state index in [1.807, 2.05) is 6.92 Å². The number of nitrogens with one attached hydrogen (secondary N) is 2. The second-order valence-electron chi connectivity index (χ2n) is 6.05. The number of aryl methyl sites for hydroxylation is 1. The Kier molecular flexibility index (Phi) is 5.57. The molecule has 2 N–H and O–H groups in total. The predicted molar refractivity (Wildman–Crippen MR) is 95.8 cm³/mol. The van der Waals surface area contributed by atoms with Crippen LogP contribution in [0.25, 0.3) is 0 Å². The van der Waals surface area contributed by atoms with Gasteiger partial charge in [-0.25, -0.2) is 8.42 Å². The zero-order chi connectivity index (χ0) is 18.6. The van der Waals surface area contributed by atoms with E-state index >= 15 is 0 Å². The molecule has 0 aromatic carbocycles. The van der Waals surface area contributed by atoms with Crippen LogP contribution in [0.1, 0.15) is 17.0 Å². The average molecular weight is 381 g/mol. The van der Waals surface area contributed by atoms with E-state index in [0.29, 0.717) is 38.4 Å². The molecule has 1 aliphatic rings. The summed E-state index contributed by atoms with van der Waals surface area (Å²) in [6, 6.07) is 1.57. The largest absolute Gasteiger partial charge is 0.364 e. The van der Waals surface area contributed by atoms with Crippen molar-refractivity contribution in [2.75, 3.05) is 33.2 Å². The van der Waals surface area contributed by atoms with Crippen molar-refractivity contribution in [1.82, 2.24) is 29.9 Å². The molecule has 0 unspecified atom stereocenters. The molecule has 3 rings (SSSR count). The molecule has 3 heterocycles. The SMILES string of the molecule is CN=C(NCc1cn[nH]c1C)N1CCN(S(=O)(=O)Cc2ccon2)CC1. The van der Waals surface area contributed by atoms with Crippen molar-refractivity contribution in [2.24, 2.45) is 4.99 Å². The number of rotatable bonds is 5. The molecular formula is C15H23N7O3S. The van der Waals surface area contributed by atoms with Gasteiger partial charge >= 0.3 is 0 Å². The molecule has 0 aliphatic carbocycles. The Morgan fingerprint density at radius 1 is 1.38 bits per heavy atom. The summed E-state index contributed by atoms with van der Waals surface area (Å²) in [7, 11) is -1.68. The molecule has 0 spiro atoms. The van der Waals surface area contributed by atoms with E-state index in [2.05, 4.69) is 30.6 Å². The van der Waals surface area contributed by atoms with Gasteiger partial charge in [-0.15, -0.1) is 0 Å². The molecule has 1 fully saturated rings. The highest BCUT2D eigenvalue weighted by Gasteiger charge is 2.29. The van der Waals surface area contributed by atoms with Crippen molar-refractivity contribution in [3.63, 3.8) is 0 Å². The van der Waals surface area contributed by atoms with Crippen LogP contribution in [-0.2, 0) is 22.3 Å². The van der Waals surface area contributed by atoms with Crippen molar-refractivity contribution in [1.29, 1.82) is 0 Å². The molecule has 0 saturated carbocycles. The lowest BCUT2D eigenvalue weighted by Gasteiger charge is -2.35. The monoisotopic (exact) mass is 381 g/mol. The first-order valence-electron chi connectivity index (χ1n) is 8.31. The number of hydrogen-bond acceptors (Lipinski definition) is 6. The Balaban J connectivity index is 1.54. The van der Waals surface area contributed by atoms with E-state index in [0.717, 1.165) is 17.2 Å². The minimum Gasteiger partial charge on any atom is -0.364 e. The highest BCUT2D eigenvalue weighted by Crippen LogP contribution is 2.13. The molecule has 0 amide bonds. The van der Waals surface area contributed by atoms with E-state index in [1.54, 1.807) is 19.3 Å². The van der Waals surface area contributed by atoms with E-state index in [-0.39, 0.29) is 5.75 Å². The Morgan fingerprint density at radius 2 is 2.15 bits per heavy atom. The summed E-state index contributed by atoms with van der Waals surface area (Å²) >= 11 is 0. The first kappa shape index (κ1) is 18.4. The third-order valence-corrected chi connectivity index (χ3v) is 6.15. The lowest BCUT2D eigenvalue weighted by molar-refractivity contribution is 0.259. The molecular weight excluding hydrogens is 358 g/mol. The third kappa shape index (κ3) is 4.22. The van der Waals surface area contributed by atoms with Crippen LogP contribution in [0.4, 0.5) is 0 Å². The second kappa shape index (κ2) is 7.87. The molecule has 0 atom stereocenters. The molecule has 26 heavy (non-hydrogen) atoms. The molecule has 2 aromatic heterocycles. The van der Waals surface area contributed by atoms with Crippen LogP contribution >= 0.6 is 0 Å². The summed E-state index contributed by atoms with van der Waals surface area (Å²) in [6.07, 6.45) is 3.16. The third-order valence-electron chi connectivity index (χ3n) is 4.34. The van der Waals surface area contributed by atoms with Gasteiger partial charge in [-0.1, -0.05) is 5.16 Å². The Hall–Kier alpha value is -2.40. The number of aromatic amines is 1. The van der Waals surface area contributed by atoms with Crippen molar-refractivity contribution in [2.45, 2.75) is 19.2 Å². The van der Waals surface area contributed by atoms with Crippen molar-refractivity contribution in [3.8, 4) is 0 Å². The maximum Gasteiger partial charge on any atom is 0.220 e. The fourth-order valence-corrected chi connectivity index (χ4v) is 4.25. The summed E-state index contributed by atoms with van der Waals surface area (Å²) in [5, 5.41) is 13.9. The van der Waals surface area contributed by atoms with Gasteiger partial charge in [0.2, 0.25) is 10.0 Å². The van der Waals surface area contributed by atoms with Crippen LogP contribution < -0.4 is 5.32 Å². The highest BCUT2D eigenvalue weighted by atomic mass is 32.2. The molecule has 1 aliphatic heterocycles. The Morgan fingerprint density at radius 3 is 2.73 bits per heavy atom. The lowest BCUT2D eigenvalue weighted by atomic mass is 10.2. The van der Waals surface area contributed by atoms with E-state index in [9.17, 15) is 8.42 Å². The van der Waals surface area contributed by atoms with Crippen LogP contribution in [0.5, 0.6) is 0 Å². The van der Waals surface area contributed by atoms with Crippen molar-refractivity contribution < 1.29 is 12.9 Å². The Labute approximate surface area is 152 Å². The van der Waals surface area contributed by atoms with Gasteiger partial charge in [0.1, 0.15) is 12.0 Å². The molecule has 142 valence electrons. The summed E-state index contributed by atoms with van der Waals surface area (Å²) in [4.78, 5) is 6.35. The van der Waals surface area contributed by atoms with Gasteiger partial charge in [0.15, 0.2) is 5.96 Å². The normalized spacial score (nSPS) is 16.8. The second-order valence-corrected chi connectivity index (χ2v) is 8.02. The van der Waals surface area contributed by atoms with Crippen LogP contribution in [0.15, 0.2) is 28.0 Å². The summed E-state index contributed by atoms with van der Waals surface area (Å²) in [6.45, 7) is 4.53. The molecule has 0 radical (unpaired) electrons. The van der Waals surface area contributed by atoms with E-state index in [4.69, 9.17) is 4.52 Å². The molecule has 2 aromatic rings. The fraction of sp³-hybridized carbons (Fsp3) is 0.533. The quantitative estimate of drug-likeness (QED) is 0.549. The van der Waals surface area contributed by atoms with Crippen molar-refractivity contribution >= 4 is 16.0 Å². The lowest BCUT2D eigenvalue weighted by Crippen LogP contribution is -2.53. The maximum atomic E-state index is 12.5. The number of H-pyrrole nitrogens is 1. The summed E-state index contributed by atoms with van der Waals surface area (Å²) in [5.41, 5.74) is 2.50. The smallest absolute Gasteiger partial charge is 0.220 e. The van der Waals surface area contributed by atoms with Crippen molar-refractivity contribution in [3.05, 3.63) is 35.5 Å². The standard InChI is InChI=1S/C15H23N7O3S/c1-12-13(10-18-19-12)9-17-15(16-2)21-4-6-22(7-5-21)26(23,24)11-14-3-8-25-20-14/h3,8,10H,4-7,9,11H2,1-2H3,(H,16,17)(H,18,19). The molecule has 0 bridgehead atoms. The van der Waals surface area contributed by atoms with E-state index in [1.165, 1.54) is 10.6 Å². The molecule has 1 saturated heterocycles. The van der Waals surface area contributed by atoms with Crippen LogP contribution in [-0.4, -0.2) is 72.2 Å². The minimum absolute atomic E-state index is 0.143. The van der Waals surface area contributed by atoms with Crippen LogP contribution in [0.3, 0.4) is 0 Å².